The van der Waals surface area contributed by atoms with Crippen molar-refractivity contribution in [2.45, 2.75) is 0 Å². The minimum Gasteiger partial charge on any atom is -0.410 e. The Bertz CT molecular complexity index is 670. The first kappa shape index (κ1) is 13.6. The lowest BCUT2D eigenvalue weighted by molar-refractivity contribution is -0.384. The second kappa shape index (κ2) is 4.70. The molecule has 0 saturated heterocycles. The Kier molecular flexibility index (Phi) is 3.37. The highest BCUT2D eigenvalue weighted by molar-refractivity contribution is 9.13. The summed E-state index contributed by atoms with van der Waals surface area (Å²) >= 11 is 6.06. The zero-order valence-corrected chi connectivity index (χ0v) is 12.0. The van der Waals surface area contributed by atoms with Crippen molar-refractivity contribution in [2.24, 2.45) is 5.16 Å². The summed E-state index contributed by atoms with van der Waals surface area (Å²) in [4.78, 5) is 33.7. The quantitative estimate of drug-likeness (QED) is 0.430. The average molecular weight is 393 g/mol. The van der Waals surface area contributed by atoms with Crippen molar-refractivity contribution in [1.82, 2.24) is 0 Å². The van der Waals surface area contributed by atoms with E-state index in [-0.39, 0.29) is 20.2 Å². The Hall–Kier alpha value is -1.81. The van der Waals surface area contributed by atoms with Gasteiger partial charge in [0.1, 0.15) is 10.2 Å². The summed E-state index contributed by atoms with van der Waals surface area (Å²) in [5, 5.41) is 24.4. The number of hydrogen-bond acceptors (Lipinski definition) is 6. The molecular formula is C9H3Br2N3O5. The number of nitrogens with one attached hydrogen (secondary N) is 1. The van der Waals surface area contributed by atoms with Crippen LogP contribution in [0.15, 0.2) is 20.2 Å². The molecule has 2 rings (SSSR count). The molecule has 0 bridgehead atoms. The van der Waals surface area contributed by atoms with E-state index in [0.717, 1.165) is 0 Å². The minimum absolute atomic E-state index is 0.0914. The fourth-order valence-electron chi connectivity index (χ4n) is 1.58. The van der Waals surface area contributed by atoms with E-state index < -0.39 is 28.0 Å². The van der Waals surface area contributed by atoms with E-state index in [1.165, 1.54) is 6.07 Å². The van der Waals surface area contributed by atoms with Gasteiger partial charge in [0.15, 0.2) is 0 Å². The highest BCUT2D eigenvalue weighted by atomic mass is 79.9. The van der Waals surface area contributed by atoms with Crippen molar-refractivity contribution in [3.63, 3.8) is 0 Å². The maximum absolute atomic E-state index is 11.9. The third-order valence-electron chi connectivity index (χ3n) is 2.39. The first-order valence-corrected chi connectivity index (χ1v) is 6.21. The van der Waals surface area contributed by atoms with Crippen LogP contribution in [0.2, 0.25) is 0 Å². The number of nitrogens with zero attached hydrogens (tertiary/aromatic N) is 2. The maximum Gasteiger partial charge on any atom is 0.308 e. The molecule has 0 radical (unpaired) electrons. The molecule has 1 aromatic rings. The molecule has 2 N–H and O–H groups in total. The lowest BCUT2D eigenvalue weighted by atomic mass is 9.99. The number of ketones is 1. The van der Waals surface area contributed by atoms with Crippen LogP contribution in [-0.2, 0) is 4.79 Å². The normalized spacial score (nSPS) is 16.2. The Morgan fingerprint density at radius 3 is 2.53 bits per heavy atom. The SMILES string of the molecule is O=C1Nc2c(cc(Br)c(Br)c2[N+](=O)[O-])C(=O)C1=NO. The Morgan fingerprint density at radius 2 is 2.00 bits per heavy atom. The van der Waals surface area contributed by atoms with E-state index in [1.807, 2.05) is 0 Å². The number of nitro groups is 1. The van der Waals surface area contributed by atoms with Crippen molar-refractivity contribution in [3.05, 3.63) is 30.7 Å². The number of nitro benzene ring substituents is 1. The third-order valence-corrected chi connectivity index (χ3v) is 4.35. The van der Waals surface area contributed by atoms with Crippen molar-refractivity contribution in [2.75, 3.05) is 5.32 Å². The number of benzene rings is 1. The average Bonchev–Trinajstić information content (AvgIpc) is 2.32. The van der Waals surface area contributed by atoms with E-state index in [1.54, 1.807) is 0 Å². The number of halogens is 2. The molecule has 19 heavy (non-hydrogen) atoms. The molecule has 1 aromatic carbocycles. The largest absolute Gasteiger partial charge is 0.410 e. The number of oxime groups is 1. The van der Waals surface area contributed by atoms with Gasteiger partial charge in [-0.1, -0.05) is 5.16 Å². The number of anilines is 1. The molecule has 0 aliphatic carbocycles. The zero-order valence-electron chi connectivity index (χ0n) is 8.81. The van der Waals surface area contributed by atoms with Gasteiger partial charge in [-0.15, -0.1) is 0 Å². The second-order valence-corrected chi connectivity index (χ2v) is 5.08. The molecule has 1 heterocycles. The monoisotopic (exact) mass is 391 g/mol. The molecule has 0 spiro atoms. The fraction of sp³-hybridized carbons (Fsp3) is 0. The summed E-state index contributed by atoms with van der Waals surface area (Å²) in [5.74, 6) is -1.89. The van der Waals surface area contributed by atoms with Gasteiger partial charge in [0.2, 0.25) is 11.5 Å². The van der Waals surface area contributed by atoms with Gasteiger partial charge >= 0.3 is 5.69 Å². The van der Waals surface area contributed by atoms with Crippen molar-refractivity contribution in [1.29, 1.82) is 0 Å². The van der Waals surface area contributed by atoms with Crippen LogP contribution in [0, 0.1) is 10.1 Å². The van der Waals surface area contributed by atoms with Crippen LogP contribution in [0.3, 0.4) is 0 Å². The molecule has 1 aliphatic rings. The molecule has 8 nitrogen and oxygen atoms in total. The Labute approximate surface area is 121 Å². The van der Waals surface area contributed by atoms with Gasteiger partial charge in [-0.2, -0.15) is 0 Å². The number of carbonyl (C=O) groups excluding carboxylic acids is 2. The second-order valence-electron chi connectivity index (χ2n) is 3.43. The van der Waals surface area contributed by atoms with E-state index >= 15 is 0 Å². The zero-order chi connectivity index (χ0) is 14.3. The Balaban J connectivity index is 2.82. The van der Waals surface area contributed by atoms with Crippen molar-refractivity contribution < 1.29 is 19.7 Å². The topological polar surface area (TPSA) is 122 Å². The van der Waals surface area contributed by atoms with Crippen LogP contribution in [-0.4, -0.2) is 27.5 Å². The van der Waals surface area contributed by atoms with Gasteiger partial charge in [-0.25, -0.2) is 0 Å². The van der Waals surface area contributed by atoms with Gasteiger partial charge in [0.25, 0.3) is 5.91 Å². The molecule has 0 aromatic heterocycles. The van der Waals surface area contributed by atoms with Crippen molar-refractivity contribution in [3.8, 4) is 0 Å². The Morgan fingerprint density at radius 1 is 1.37 bits per heavy atom. The minimum atomic E-state index is -1.00. The van der Waals surface area contributed by atoms with Gasteiger partial charge in [-0.05, 0) is 37.9 Å². The summed E-state index contributed by atoms with van der Waals surface area (Å²) < 4.78 is 0.355. The smallest absolute Gasteiger partial charge is 0.308 e. The summed E-state index contributed by atoms with van der Waals surface area (Å²) in [6.45, 7) is 0. The maximum atomic E-state index is 11.9. The van der Waals surface area contributed by atoms with Gasteiger partial charge in [0, 0.05) is 4.47 Å². The van der Waals surface area contributed by atoms with Crippen LogP contribution in [0.5, 0.6) is 0 Å². The molecule has 10 heteroatoms. The number of fused-ring (bicyclic) bond motifs is 1. The van der Waals surface area contributed by atoms with Crippen LogP contribution < -0.4 is 5.32 Å². The van der Waals surface area contributed by atoms with E-state index in [0.29, 0.717) is 0 Å². The highest BCUT2D eigenvalue weighted by Gasteiger charge is 2.37. The van der Waals surface area contributed by atoms with Crippen LogP contribution >= 0.6 is 31.9 Å². The number of amides is 1. The molecule has 0 fully saturated rings. The summed E-state index contributed by atoms with van der Waals surface area (Å²) in [7, 11) is 0. The van der Waals surface area contributed by atoms with Crippen LogP contribution in [0.25, 0.3) is 0 Å². The predicted molar refractivity (Wildman–Crippen MR) is 70.7 cm³/mol. The lowest BCUT2D eigenvalue weighted by Gasteiger charge is -2.17. The molecule has 1 aliphatic heterocycles. The van der Waals surface area contributed by atoms with Crippen LogP contribution in [0.1, 0.15) is 10.4 Å². The molecule has 0 saturated carbocycles. The molecule has 1 amide bonds. The summed E-state index contributed by atoms with van der Waals surface area (Å²) in [6.07, 6.45) is 0. The number of Topliss-reactive ketones (excluding diaryl/α,β-unsaturated/α-hetero) is 1. The summed E-state index contributed by atoms with van der Waals surface area (Å²) in [6, 6.07) is 1.29. The van der Waals surface area contributed by atoms with Gasteiger partial charge in [0.05, 0.1) is 10.5 Å². The predicted octanol–water partition coefficient (Wildman–Crippen LogP) is 2.08. The number of rotatable bonds is 1. The summed E-state index contributed by atoms with van der Waals surface area (Å²) in [5.41, 5.74) is -1.55. The molecular weight excluding hydrogens is 390 g/mol. The highest BCUT2D eigenvalue weighted by Crippen LogP contribution is 2.42. The molecule has 98 valence electrons. The lowest BCUT2D eigenvalue weighted by Crippen LogP contribution is -2.36. The third kappa shape index (κ3) is 2.02. The first-order valence-electron chi connectivity index (χ1n) is 4.63. The molecule has 0 atom stereocenters. The standard InChI is InChI=1S/C9H3Br2N3O5/c10-3-1-2-5(7(4(3)11)14(18)19)12-9(16)6(13-17)8(2)15/h1,17H,(H,12,16). The van der Waals surface area contributed by atoms with E-state index in [2.05, 4.69) is 42.3 Å². The van der Waals surface area contributed by atoms with E-state index in [4.69, 9.17) is 5.21 Å². The fourth-order valence-corrected chi connectivity index (χ4v) is 2.46. The van der Waals surface area contributed by atoms with Gasteiger partial charge in [-0.3, -0.25) is 19.7 Å². The van der Waals surface area contributed by atoms with Gasteiger partial charge < -0.3 is 10.5 Å². The number of hydrogen-bond donors (Lipinski definition) is 2. The van der Waals surface area contributed by atoms with Crippen LogP contribution in [0.4, 0.5) is 11.4 Å². The molecule has 0 unspecified atom stereocenters. The van der Waals surface area contributed by atoms with E-state index in [9.17, 15) is 19.7 Å². The number of carbonyl (C=O) groups is 2. The first-order chi connectivity index (χ1) is 8.88. The van der Waals surface area contributed by atoms with Crippen molar-refractivity contribution >= 4 is 60.6 Å².